The van der Waals surface area contributed by atoms with E-state index in [1.807, 2.05) is 36.4 Å². The number of aliphatic hydroxyl groups excluding tert-OH is 1. The largest absolute Gasteiger partial charge is 0.388 e. The lowest BCUT2D eigenvalue weighted by molar-refractivity contribution is -0.130. The van der Waals surface area contributed by atoms with Crippen LogP contribution in [0.15, 0.2) is 36.4 Å². The average Bonchev–Trinajstić information content (AvgIpc) is 2.88. The van der Waals surface area contributed by atoms with Crippen molar-refractivity contribution in [3.63, 3.8) is 0 Å². The number of rotatable bonds is 5. The van der Waals surface area contributed by atoms with Crippen LogP contribution in [-0.2, 0) is 4.79 Å². The number of amides is 1. The van der Waals surface area contributed by atoms with E-state index in [1.165, 1.54) is 0 Å². The number of carbonyl (C=O) groups is 1. The molecule has 0 aliphatic carbocycles. The molecule has 0 saturated carbocycles. The van der Waals surface area contributed by atoms with Gasteiger partial charge in [0, 0.05) is 11.8 Å². The second-order valence-electron chi connectivity index (χ2n) is 5.69. The first-order valence-electron chi connectivity index (χ1n) is 7.39. The Morgan fingerprint density at radius 3 is 2.77 bits per heavy atom. The van der Waals surface area contributed by atoms with Crippen molar-refractivity contribution in [3.05, 3.63) is 42.0 Å². The van der Waals surface area contributed by atoms with E-state index in [0.717, 1.165) is 11.3 Å². The number of carbonyl (C=O) groups excluding carboxylic acids is 1. The molecule has 1 aromatic rings. The maximum absolute atomic E-state index is 12.4. The molecular formula is C17H21NO2S2. The van der Waals surface area contributed by atoms with Crippen molar-refractivity contribution in [2.75, 3.05) is 5.75 Å². The zero-order valence-corrected chi connectivity index (χ0v) is 14.4. The number of hydrogen-bond acceptors (Lipinski definition) is 4. The van der Waals surface area contributed by atoms with E-state index in [9.17, 15) is 9.90 Å². The van der Waals surface area contributed by atoms with E-state index in [1.54, 1.807) is 22.7 Å². The van der Waals surface area contributed by atoms with Gasteiger partial charge in [0.2, 0.25) is 5.91 Å². The van der Waals surface area contributed by atoms with Crippen molar-refractivity contribution in [2.45, 2.75) is 32.4 Å². The quantitative estimate of drug-likeness (QED) is 0.838. The lowest BCUT2D eigenvalue weighted by atomic mass is 10.0. The molecular weight excluding hydrogens is 314 g/mol. The first-order valence-corrected chi connectivity index (χ1v) is 8.78. The number of benzene rings is 1. The fraction of sp³-hybridized carbons (Fsp3) is 0.412. The third kappa shape index (κ3) is 4.41. The molecule has 2 rings (SSSR count). The SMILES string of the molecule is CC(C)[C@H]1CSC(=S)N1C(=O)C[C@@H](O)/C=C/c1ccccc1. The highest BCUT2D eigenvalue weighted by Crippen LogP contribution is 2.29. The molecule has 1 aromatic carbocycles. The number of hydrogen-bond donors (Lipinski definition) is 1. The van der Waals surface area contributed by atoms with Crippen LogP contribution in [0.5, 0.6) is 0 Å². The Bertz CT molecular complexity index is 557. The first kappa shape index (κ1) is 17.2. The summed E-state index contributed by atoms with van der Waals surface area (Å²) >= 11 is 6.82. The van der Waals surface area contributed by atoms with Crippen molar-refractivity contribution >= 4 is 40.3 Å². The summed E-state index contributed by atoms with van der Waals surface area (Å²) in [5.74, 6) is 1.10. The number of thiocarbonyl (C=S) groups is 1. The smallest absolute Gasteiger partial charge is 0.231 e. The molecule has 1 N–H and O–H groups in total. The topological polar surface area (TPSA) is 40.5 Å². The van der Waals surface area contributed by atoms with E-state index in [4.69, 9.17) is 12.2 Å². The Balaban J connectivity index is 1.96. The summed E-state index contributed by atoms with van der Waals surface area (Å²) in [5, 5.41) is 10.1. The fourth-order valence-electron chi connectivity index (χ4n) is 2.35. The predicted molar refractivity (Wildman–Crippen MR) is 96.6 cm³/mol. The van der Waals surface area contributed by atoms with E-state index < -0.39 is 6.10 Å². The highest BCUT2D eigenvalue weighted by molar-refractivity contribution is 8.23. The maximum Gasteiger partial charge on any atom is 0.231 e. The fourth-order valence-corrected chi connectivity index (χ4v) is 4.01. The average molecular weight is 335 g/mol. The summed E-state index contributed by atoms with van der Waals surface area (Å²) in [5.41, 5.74) is 1.00. The van der Waals surface area contributed by atoms with E-state index >= 15 is 0 Å². The molecule has 0 spiro atoms. The molecule has 1 fully saturated rings. The molecule has 0 bridgehead atoms. The third-order valence-electron chi connectivity index (χ3n) is 3.64. The van der Waals surface area contributed by atoms with Crippen LogP contribution in [0.3, 0.4) is 0 Å². The van der Waals surface area contributed by atoms with Gasteiger partial charge in [0.05, 0.1) is 12.5 Å². The maximum atomic E-state index is 12.4. The number of thioether (sulfide) groups is 1. The lowest BCUT2D eigenvalue weighted by Gasteiger charge is -2.27. The first-order chi connectivity index (χ1) is 10.5. The molecule has 3 nitrogen and oxygen atoms in total. The third-order valence-corrected chi connectivity index (χ3v) is 5.14. The summed E-state index contributed by atoms with van der Waals surface area (Å²) in [6.45, 7) is 4.18. The van der Waals surface area contributed by atoms with Crippen LogP contribution in [0.1, 0.15) is 25.8 Å². The Kier molecular flexibility index (Phi) is 6.17. The Morgan fingerprint density at radius 2 is 2.14 bits per heavy atom. The summed E-state index contributed by atoms with van der Waals surface area (Å²) in [6.07, 6.45) is 2.75. The van der Waals surface area contributed by atoms with Gasteiger partial charge in [-0.1, -0.05) is 80.3 Å². The summed E-state index contributed by atoms with van der Waals surface area (Å²) in [7, 11) is 0. The van der Waals surface area contributed by atoms with Crippen LogP contribution in [0.4, 0.5) is 0 Å². The van der Waals surface area contributed by atoms with Gasteiger partial charge in [-0.05, 0) is 11.5 Å². The molecule has 0 unspecified atom stereocenters. The molecule has 1 saturated heterocycles. The number of nitrogens with zero attached hydrogens (tertiary/aromatic N) is 1. The van der Waals surface area contributed by atoms with E-state index in [-0.39, 0.29) is 18.4 Å². The van der Waals surface area contributed by atoms with Gasteiger partial charge in [0.25, 0.3) is 0 Å². The highest BCUT2D eigenvalue weighted by Gasteiger charge is 2.35. The minimum atomic E-state index is -0.797. The van der Waals surface area contributed by atoms with Crippen molar-refractivity contribution in [2.24, 2.45) is 5.92 Å². The number of aliphatic hydroxyl groups is 1. The Labute approximate surface area is 141 Å². The minimum Gasteiger partial charge on any atom is -0.388 e. The van der Waals surface area contributed by atoms with Gasteiger partial charge in [0.1, 0.15) is 4.32 Å². The van der Waals surface area contributed by atoms with Crippen molar-refractivity contribution in [1.29, 1.82) is 0 Å². The monoisotopic (exact) mass is 335 g/mol. The molecule has 1 heterocycles. The van der Waals surface area contributed by atoms with Gasteiger partial charge in [-0.3, -0.25) is 9.69 Å². The zero-order chi connectivity index (χ0) is 16.1. The van der Waals surface area contributed by atoms with Crippen molar-refractivity contribution in [1.82, 2.24) is 4.90 Å². The second-order valence-corrected chi connectivity index (χ2v) is 7.35. The molecule has 1 aliphatic heterocycles. The molecule has 2 atom stereocenters. The highest BCUT2D eigenvalue weighted by atomic mass is 32.2. The Morgan fingerprint density at radius 1 is 1.45 bits per heavy atom. The van der Waals surface area contributed by atoms with E-state index in [0.29, 0.717) is 10.2 Å². The molecule has 1 aliphatic rings. The van der Waals surface area contributed by atoms with Crippen LogP contribution >= 0.6 is 24.0 Å². The lowest BCUT2D eigenvalue weighted by Crippen LogP contribution is -2.42. The van der Waals surface area contributed by atoms with Gasteiger partial charge in [0.15, 0.2) is 0 Å². The second kappa shape index (κ2) is 7.90. The molecule has 22 heavy (non-hydrogen) atoms. The normalized spacial score (nSPS) is 20.1. The minimum absolute atomic E-state index is 0.0628. The zero-order valence-electron chi connectivity index (χ0n) is 12.8. The predicted octanol–water partition coefficient (Wildman–Crippen LogP) is 3.34. The van der Waals surface area contributed by atoms with Crippen LogP contribution in [0.25, 0.3) is 6.08 Å². The van der Waals surface area contributed by atoms with Crippen LogP contribution in [0.2, 0.25) is 0 Å². The van der Waals surface area contributed by atoms with Gasteiger partial charge in [-0.15, -0.1) is 0 Å². The van der Waals surface area contributed by atoms with Crippen LogP contribution in [0, 0.1) is 5.92 Å². The summed E-state index contributed by atoms with van der Waals surface area (Å²) < 4.78 is 0.628. The van der Waals surface area contributed by atoms with Gasteiger partial charge >= 0.3 is 0 Å². The molecule has 0 aromatic heterocycles. The Hall–Kier alpha value is -1.17. The van der Waals surface area contributed by atoms with Crippen molar-refractivity contribution < 1.29 is 9.90 Å². The van der Waals surface area contributed by atoms with Crippen molar-refractivity contribution in [3.8, 4) is 0 Å². The van der Waals surface area contributed by atoms with Gasteiger partial charge in [-0.2, -0.15) is 0 Å². The molecule has 5 heteroatoms. The summed E-state index contributed by atoms with van der Waals surface area (Å²) in [4.78, 5) is 14.1. The van der Waals surface area contributed by atoms with Gasteiger partial charge in [-0.25, -0.2) is 0 Å². The van der Waals surface area contributed by atoms with Crippen LogP contribution in [-0.4, -0.2) is 38.1 Å². The summed E-state index contributed by atoms with van der Waals surface area (Å²) in [6, 6.07) is 9.84. The van der Waals surface area contributed by atoms with Gasteiger partial charge < -0.3 is 5.11 Å². The standard InChI is InChI=1S/C17H21NO2S2/c1-12(2)15-11-22-17(21)18(15)16(20)10-14(19)9-8-13-6-4-3-5-7-13/h3-9,12,14-15,19H,10-11H2,1-2H3/b9-8+/t14-,15+/m0/s1. The molecule has 1 amide bonds. The molecule has 0 radical (unpaired) electrons. The van der Waals surface area contributed by atoms with Crippen LogP contribution < -0.4 is 0 Å². The van der Waals surface area contributed by atoms with E-state index in [2.05, 4.69) is 13.8 Å². The molecule has 118 valence electrons.